The second-order valence-electron chi connectivity index (χ2n) is 6.25. The van der Waals surface area contributed by atoms with E-state index in [-0.39, 0.29) is 0 Å². The van der Waals surface area contributed by atoms with Gasteiger partial charge in [0.2, 0.25) is 8.32 Å². The Bertz CT molecular complexity index is 742. The van der Waals surface area contributed by atoms with E-state index >= 15 is 0 Å². The van der Waals surface area contributed by atoms with E-state index < -0.39 is 8.32 Å². The highest BCUT2D eigenvalue weighted by Crippen LogP contribution is 2.43. The van der Waals surface area contributed by atoms with Gasteiger partial charge in [0.15, 0.2) is 0 Å². The van der Waals surface area contributed by atoms with E-state index in [1.807, 2.05) is 6.07 Å². The molecule has 3 aromatic rings. The van der Waals surface area contributed by atoms with Crippen molar-refractivity contribution in [1.29, 1.82) is 0 Å². The molecule has 0 aliphatic rings. The van der Waals surface area contributed by atoms with Crippen LogP contribution in [0, 0.1) is 0 Å². The predicted molar refractivity (Wildman–Crippen MR) is 99.2 cm³/mol. The number of rotatable bonds is 4. The second-order valence-corrected chi connectivity index (χ2v) is 11.7. The van der Waals surface area contributed by atoms with Gasteiger partial charge in [-0.3, -0.25) is 0 Å². The Morgan fingerprint density at radius 2 is 1.32 bits per heavy atom. The zero-order valence-corrected chi connectivity index (χ0v) is 15.0. The molecule has 0 aliphatic carbocycles. The van der Waals surface area contributed by atoms with Crippen molar-refractivity contribution in [3.05, 3.63) is 66.7 Å². The first-order valence-corrected chi connectivity index (χ1v) is 11.7. The van der Waals surface area contributed by atoms with Crippen molar-refractivity contribution in [2.24, 2.45) is 0 Å². The summed E-state index contributed by atoms with van der Waals surface area (Å²) >= 11 is 1.80. The van der Waals surface area contributed by atoms with Gasteiger partial charge < -0.3 is 4.43 Å². The van der Waals surface area contributed by atoms with Crippen LogP contribution >= 0.6 is 11.3 Å². The molecule has 22 heavy (non-hydrogen) atoms. The first-order valence-electron chi connectivity index (χ1n) is 7.47. The molecule has 0 radical (unpaired) electrons. The SMILES string of the molecule is C[Si](C)(C)Oc1cc(-c2ccccc2)sc1-c1ccccc1. The quantitative estimate of drug-likeness (QED) is 0.512. The van der Waals surface area contributed by atoms with Crippen molar-refractivity contribution in [2.45, 2.75) is 19.6 Å². The van der Waals surface area contributed by atoms with E-state index in [0.29, 0.717) is 0 Å². The molecule has 1 aromatic heterocycles. The monoisotopic (exact) mass is 324 g/mol. The largest absolute Gasteiger partial charge is 0.543 e. The molecular weight excluding hydrogens is 304 g/mol. The highest BCUT2D eigenvalue weighted by Gasteiger charge is 2.21. The normalized spacial score (nSPS) is 11.4. The standard InChI is InChI=1S/C19H20OSSi/c1-22(2,3)20-17-14-18(15-10-6-4-7-11-15)21-19(17)16-12-8-5-9-13-16/h4-14H,1-3H3. The molecule has 0 saturated heterocycles. The summed E-state index contributed by atoms with van der Waals surface area (Å²) in [6.45, 7) is 6.67. The molecule has 1 heterocycles. The Morgan fingerprint density at radius 3 is 1.86 bits per heavy atom. The van der Waals surface area contributed by atoms with Crippen molar-refractivity contribution >= 4 is 19.7 Å². The third-order valence-corrected chi connectivity index (χ3v) is 5.26. The van der Waals surface area contributed by atoms with Crippen LogP contribution < -0.4 is 4.43 Å². The highest BCUT2D eigenvalue weighted by atomic mass is 32.1. The summed E-state index contributed by atoms with van der Waals surface area (Å²) in [5, 5.41) is 0. The van der Waals surface area contributed by atoms with Crippen LogP contribution in [0.1, 0.15) is 0 Å². The number of benzene rings is 2. The third-order valence-electron chi connectivity index (χ3n) is 3.21. The molecule has 0 spiro atoms. The van der Waals surface area contributed by atoms with Gasteiger partial charge in [-0.15, -0.1) is 11.3 Å². The number of hydrogen-bond donors (Lipinski definition) is 0. The van der Waals surface area contributed by atoms with E-state index in [9.17, 15) is 0 Å². The van der Waals surface area contributed by atoms with E-state index in [0.717, 1.165) is 5.75 Å². The van der Waals surface area contributed by atoms with Gasteiger partial charge in [0, 0.05) is 4.88 Å². The molecule has 1 nitrogen and oxygen atoms in total. The Labute approximate surface area is 137 Å². The van der Waals surface area contributed by atoms with Crippen LogP contribution in [0.15, 0.2) is 66.7 Å². The van der Waals surface area contributed by atoms with Gasteiger partial charge in [0.05, 0.1) is 4.88 Å². The summed E-state index contributed by atoms with van der Waals surface area (Å²) in [4.78, 5) is 2.48. The van der Waals surface area contributed by atoms with Crippen molar-refractivity contribution in [3.8, 4) is 26.6 Å². The van der Waals surface area contributed by atoms with Gasteiger partial charge in [-0.05, 0) is 36.8 Å². The van der Waals surface area contributed by atoms with Crippen LogP contribution in [-0.2, 0) is 0 Å². The first-order chi connectivity index (χ1) is 10.5. The lowest BCUT2D eigenvalue weighted by molar-refractivity contribution is 0.562. The molecule has 0 N–H and O–H groups in total. The molecule has 0 saturated carbocycles. The van der Waals surface area contributed by atoms with Gasteiger partial charge in [0.25, 0.3) is 0 Å². The maximum atomic E-state index is 6.34. The summed E-state index contributed by atoms with van der Waals surface area (Å²) in [5.41, 5.74) is 2.47. The minimum absolute atomic E-state index is 1.02. The Hall–Kier alpha value is -1.84. The van der Waals surface area contributed by atoms with E-state index in [4.69, 9.17) is 4.43 Å². The van der Waals surface area contributed by atoms with Crippen molar-refractivity contribution < 1.29 is 4.43 Å². The summed E-state index contributed by atoms with van der Waals surface area (Å²) in [5.74, 6) is 1.02. The van der Waals surface area contributed by atoms with Crippen molar-refractivity contribution in [1.82, 2.24) is 0 Å². The van der Waals surface area contributed by atoms with Crippen LogP contribution in [0.3, 0.4) is 0 Å². The predicted octanol–water partition coefficient (Wildman–Crippen LogP) is 6.30. The molecule has 0 amide bonds. The van der Waals surface area contributed by atoms with Gasteiger partial charge in [-0.2, -0.15) is 0 Å². The van der Waals surface area contributed by atoms with Gasteiger partial charge in [-0.1, -0.05) is 60.7 Å². The Kier molecular flexibility index (Phi) is 4.18. The fourth-order valence-electron chi connectivity index (χ4n) is 2.32. The lowest BCUT2D eigenvalue weighted by Crippen LogP contribution is -2.29. The summed E-state index contributed by atoms with van der Waals surface area (Å²) in [6.07, 6.45) is 0. The molecule has 0 atom stereocenters. The second kappa shape index (κ2) is 6.11. The van der Waals surface area contributed by atoms with Crippen molar-refractivity contribution in [3.63, 3.8) is 0 Å². The molecule has 0 unspecified atom stereocenters. The Balaban J connectivity index is 2.09. The molecule has 3 heteroatoms. The molecule has 112 valence electrons. The third kappa shape index (κ3) is 3.49. The molecule has 0 fully saturated rings. The fraction of sp³-hybridized carbons (Fsp3) is 0.158. The lowest BCUT2D eigenvalue weighted by Gasteiger charge is -2.19. The molecule has 0 bridgehead atoms. The highest BCUT2D eigenvalue weighted by molar-refractivity contribution is 7.19. The van der Waals surface area contributed by atoms with Crippen LogP contribution in [-0.4, -0.2) is 8.32 Å². The molecule has 3 rings (SSSR count). The van der Waals surface area contributed by atoms with Crippen LogP contribution in [0.4, 0.5) is 0 Å². The van der Waals surface area contributed by atoms with Crippen LogP contribution in [0.5, 0.6) is 5.75 Å². The average Bonchev–Trinajstić information content (AvgIpc) is 2.91. The van der Waals surface area contributed by atoms with Gasteiger partial charge >= 0.3 is 0 Å². The number of hydrogen-bond acceptors (Lipinski definition) is 2. The average molecular weight is 325 g/mol. The van der Waals surface area contributed by atoms with Gasteiger partial charge in [0.1, 0.15) is 5.75 Å². The van der Waals surface area contributed by atoms with Crippen LogP contribution in [0.2, 0.25) is 19.6 Å². The molecule has 2 aromatic carbocycles. The summed E-state index contributed by atoms with van der Waals surface area (Å²) in [6, 6.07) is 23.2. The minimum atomic E-state index is -1.64. The number of thiophene rings is 1. The zero-order valence-electron chi connectivity index (χ0n) is 13.2. The lowest BCUT2D eigenvalue weighted by atomic mass is 10.1. The Morgan fingerprint density at radius 1 is 0.773 bits per heavy atom. The van der Waals surface area contributed by atoms with Crippen LogP contribution in [0.25, 0.3) is 20.9 Å². The summed E-state index contributed by atoms with van der Waals surface area (Å²) in [7, 11) is -1.64. The van der Waals surface area contributed by atoms with Crippen molar-refractivity contribution in [2.75, 3.05) is 0 Å². The maximum Gasteiger partial charge on any atom is 0.242 e. The molecular formula is C19H20OSSi. The topological polar surface area (TPSA) is 9.23 Å². The zero-order chi connectivity index (χ0) is 15.6. The first kappa shape index (κ1) is 15.1. The van der Waals surface area contributed by atoms with E-state index in [1.54, 1.807) is 11.3 Å². The minimum Gasteiger partial charge on any atom is -0.543 e. The van der Waals surface area contributed by atoms with E-state index in [2.05, 4.69) is 80.3 Å². The maximum absolute atomic E-state index is 6.34. The smallest absolute Gasteiger partial charge is 0.242 e. The van der Waals surface area contributed by atoms with Gasteiger partial charge in [-0.25, -0.2) is 0 Å². The molecule has 0 aliphatic heterocycles. The van der Waals surface area contributed by atoms with E-state index in [1.165, 1.54) is 20.9 Å². The fourth-order valence-corrected chi connectivity index (χ4v) is 4.31. The summed E-state index contributed by atoms with van der Waals surface area (Å²) < 4.78 is 6.34.